The maximum atomic E-state index is 13.2. The normalized spacial score (nSPS) is 13.3. The Bertz CT molecular complexity index is 1510. The van der Waals surface area contributed by atoms with Crippen molar-refractivity contribution in [2.45, 2.75) is 196 Å². The monoisotopic (exact) mass is 938 g/mol. The smallest absolute Gasteiger partial charge is 0.465 e. The fourth-order valence-corrected chi connectivity index (χ4v) is 7.20. The number of carbonyl (C=O) groups excluding carboxylic acids is 3. The number of rotatable bonds is 41. The van der Waals surface area contributed by atoms with Crippen molar-refractivity contribution >= 4 is 18.1 Å². The highest BCUT2D eigenvalue weighted by molar-refractivity contribution is 5.69. The van der Waals surface area contributed by atoms with Crippen LogP contribution in [0.15, 0.2) is 71.9 Å². The molecule has 1 rings (SSSR count). The van der Waals surface area contributed by atoms with Crippen molar-refractivity contribution in [2.24, 2.45) is 17.8 Å². The summed E-state index contributed by atoms with van der Waals surface area (Å²) in [5, 5.41) is 0. The first kappa shape index (κ1) is 61.3. The van der Waals surface area contributed by atoms with E-state index in [9.17, 15) is 14.4 Å². The van der Waals surface area contributed by atoms with Gasteiger partial charge in [-0.25, -0.2) is 4.79 Å². The lowest BCUT2D eigenvalue weighted by Gasteiger charge is -2.21. The first-order chi connectivity index (χ1) is 32.3. The van der Waals surface area contributed by atoms with Gasteiger partial charge in [-0.05, 0) is 142 Å². The molecule has 3 atom stereocenters. The van der Waals surface area contributed by atoms with Crippen molar-refractivity contribution in [3.8, 4) is 0 Å². The second kappa shape index (κ2) is 41.3. The predicted molar refractivity (Wildman–Crippen MR) is 275 cm³/mol. The van der Waals surface area contributed by atoms with Crippen molar-refractivity contribution in [3.05, 3.63) is 83.0 Å². The molecular formula is C57H95NO9. The molecule has 67 heavy (non-hydrogen) atoms. The van der Waals surface area contributed by atoms with Gasteiger partial charge < -0.3 is 33.3 Å². The number of hydrogen-bond donors (Lipinski definition) is 0. The largest absolute Gasteiger partial charge is 0.508 e. The summed E-state index contributed by atoms with van der Waals surface area (Å²) in [5.41, 5.74) is 4.60. The van der Waals surface area contributed by atoms with E-state index in [0.29, 0.717) is 44.4 Å². The van der Waals surface area contributed by atoms with E-state index in [2.05, 4.69) is 84.9 Å². The highest BCUT2D eigenvalue weighted by Crippen LogP contribution is 2.18. The molecule has 10 heteroatoms. The second-order valence-electron chi connectivity index (χ2n) is 19.3. The van der Waals surface area contributed by atoms with Crippen LogP contribution in [0.2, 0.25) is 0 Å². The van der Waals surface area contributed by atoms with Crippen LogP contribution in [0.25, 0.3) is 0 Å². The van der Waals surface area contributed by atoms with Gasteiger partial charge in [-0.15, -0.1) is 0 Å². The molecule has 0 radical (unpaired) electrons. The van der Waals surface area contributed by atoms with Gasteiger partial charge in [0.05, 0.1) is 12.3 Å². The summed E-state index contributed by atoms with van der Waals surface area (Å²) in [6, 6.07) is 7.78. The van der Waals surface area contributed by atoms with Gasteiger partial charge >= 0.3 is 18.1 Å². The number of esters is 2. The van der Waals surface area contributed by atoms with E-state index in [1.165, 1.54) is 36.8 Å². The molecule has 0 spiro atoms. The summed E-state index contributed by atoms with van der Waals surface area (Å²) in [4.78, 5) is 40.8. The summed E-state index contributed by atoms with van der Waals surface area (Å²) in [6.45, 7) is 16.8. The molecule has 0 aromatic heterocycles. The minimum Gasteiger partial charge on any atom is -0.465 e. The molecule has 0 aliphatic carbocycles. The van der Waals surface area contributed by atoms with Crippen LogP contribution < -0.4 is 0 Å². The van der Waals surface area contributed by atoms with Gasteiger partial charge in [-0.1, -0.05) is 125 Å². The summed E-state index contributed by atoms with van der Waals surface area (Å²) in [6.07, 6.45) is 31.2. The molecule has 0 saturated heterocycles. The lowest BCUT2D eigenvalue weighted by Crippen LogP contribution is -2.27. The zero-order chi connectivity index (χ0) is 49.3. The van der Waals surface area contributed by atoms with E-state index in [-0.39, 0.29) is 38.8 Å². The average molecular weight is 938 g/mol. The highest BCUT2D eigenvalue weighted by Gasteiger charge is 2.20. The zero-order valence-electron chi connectivity index (χ0n) is 43.8. The molecule has 0 N–H and O–H groups in total. The Labute approximate surface area is 408 Å². The van der Waals surface area contributed by atoms with Gasteiger partial charge in [0.25, 0.3) is 0 Å². The summed E-state index contributed by atoms with van der Waals surface area (Å²) in [7, 11) is 3.96. The van der Waals surface area contributed by atoms with Gasteiger partial charge in [0.1, 0.15) is 26.4 Å². The van der Waals surface area contributed by atoms with Crippen LogP contribution in [0, 0.1) is 17.8 Å². The molecule has 0 saturated carbocycles. The molecule has 0 fully saturated rings. The third-order valence-electron chi connectivity index (χ3n) is 11.5. The first-order valence-electron chi connectivity index (χ1n) is 25.9. The number of benzene rings is 1. The van der Waals surface area contributed by atoms with Crippen LogP contribution in [-0.4, -0.2) is 76.4 Å². The minimum absolute atomic E-state index is 0.0555. The Kier molecular flexibility index (Phi) is 37.7. The summed E-state index contributed by atoms with van der Waals surface area (Å²) < 4.78 is 34.8. The number of carbonyl (C=O) groups is 3. The standard InChI is InChI=1S/C57H95NO9/c1-10-11-12-13-14-15-16-17-18-19-20-21-22-23-24-35-54(59)64-43-51(45-66-57(61)67-46-53-34-26-25-33-52(53)42-58(8)9)44-65-55(60)36-37-56(62-40-38-49(6)31-27-29-47(2)3)63-41-39-50(7)32-28-30-48(4)5/h14-15,17-18,25-26,29-30,33-34,49-51,56H,10-13,16,19-24,27-28,31-32,35-46H2,1-9H3/b15-14-,18-17-. The number of hydrogen-bond acceptors (Lipinski definition) is 10. The molecule has 382 valence electrons. The number of nitrogens with zero attached hydrogens (tertiary/aromatic N) is 1. The summed E-state index contributed by atoms with van der Waals surface area (Å²) in [5.74, 6) is -0.322. The van der Waals surface area contributed by atoms with Crippen LogP contribution in [0.5, 0.6) is 0 Å². The van der Waals surface area contributed by atoms with Crippen LogP contribution in [0.3, 0.4) is 0 Å². The maximum Gasteiger partial charge on any atom is 0.508 e. The third-order valence-corrected chi connectivity index (χ3v) is 11.5. The van der Waals surface area contributed by atoms with Gasteiger partial charge in [-0.3, -0.25) is 9.59 Å². The fourth-order valence-electron chi connectivity index (χ4n) is 7.20. The zero-order valence-corrected chi connectivity index (χ0v) is 43.8. The van der Waals surface area contributed by atoms with Gasteiger partial charge in [0.15, 0.2) is 6.29 Å². The predicted octanol–water partition coefficient (Wildman–Crippen LogP) is 14.6. The molecule has 0 heterocycles. The van der Waals surface area contributed by atoms with Crippen molar-refractivity contribution in [3.63, 3.8) is 0 Å². The van der Waals surface area contributed by atoms with E-state index in [1.807, 2.05) is 43.3 Å². The molecule has 0 bridgehead atoms. The fraction of sp³-hybridized carbons (Fsp3) is 0.702. The Morgan fingerprint density at radius 3 is 1.67 bits per heavy atom. The van der Waals surface area contributed by atoms with Crippen LogP contribution >= 0.6 is 0 Å². The Morgan fingerprint density at radius 1 is 0.582 bits per heavy atom. The Morgan fingerprint density at radius 2 is 1.10 bits per heavy atom. The van der Waals surface area contributed by atoms with Crippen LogP contribution in [0.4, 0.5) is 4.79 Å². The Balaban J connectivity index is 2.74. The molecule has 3 unspecified atom stereocenters. The van der Waals surface area contributed by atoms with E-state index in [0.717, 1.165) is 94.6 Å². The molecule has 1 aromatic carbocycles. The lowest BCUT2D eigenvalue weighted by atomic mass is 10.0. The third kappa shape index (κ3) is 37.9. The summed E-state index contributed by atoms with van der Waals surface area (Å²) >= 11 is 0. The molecule has 0 aliphatic heterocycles. The van der Waals surface area contributed by atoms with E-state index < -0.39 is 24.3 Å². The first-order valence-corrected chi connectivity index (χ1v) is 25.9. The van der Waals surface area contributed by atoms with Crippen molar-refractivity contribution < 1.29 is 42.8 Å². The van der Waals surface area contributed by atoms with E-state index in [4.69, 9.17) is 28.4 Å². The highest BCUT2D eigenvalue weighted by atomic mass is 16.7. The van der Waals surface area contributed by atoms with Gasteiger partial charge in [-0.2, -0.15) is 0 Å². The molecule has 1 aromatic rings. The molecule has 0 amide bonds. The van der Waals surface area contributed by atoms with Crippen molar-refractivity contribution in [1.82, 2.24) is 4.90 Å². The number of allylic oxidation sites excluding steroid dienone is 8. The van der Waals surface area contributed by atoms with E-state index >= 15 is 0 Å². The van der Waals surface area contributed by atoms with Crippen LogP contribution in [-0.2, 0) is 51.2 Å². The maximum absolute atomic E-state index is 13.2. The number of unbranched alkanes of at least 4 members (excludes halogenated alkanes) is 8. The van der Waals surface area contributed by atoms with Crippen molar-refractivity contribution in [2.75, 3.05) is 47.1 Å². The SMILES string of the molecule is CCCCC/C=C\C/C=C\CCCCCCCC(=O)OCC(COC(=O)CCC(OCCC(C)CCC=C(C)C)OCCC(C)CCC=C(C)C)COC(=O)OCc1ccccc1CN(C)C. The average Bonchev–Trinajstić information content (AvgIpc) is 3.28. The molecule has 10 nitrogen and oxygen atoms in total. The molecular weight excluding hydrogens is 843 g/mol. The topological polar surface area (TPSA) is 110 Å². The number of ether oxygens (including phenoxy) is 6. The minimum atomic E-state index is -0.845. The lowest BCUT2D eigenvalue weighted by molar-refractivity contribution is -0.162. The van der Waals surface area contributed by atoms with Gasteiger partial charge in [0.2, 0.25) is 0 Å². The van der Waals surface area contributed by atoms with E-state index in [1.54, 1.807) is 0 Å². The van der Waals surface area contributed by atoms with Crippen LogP contribution in [0.1, 0.15) is 188 Å². The van der Waals surface area contributed by atoms with Gasteiger partial charge in [0, 0.05) is 32.6 Å². The Hall–Kier alpha value is -3.73. The quantitative estimate of drug-likeness (QED) is 0.0207. The second-order valence-corrected chi connectivity index (χ2v) is 19.3. The molecule has 0 aliphatic rings. The van der Waals surface area contributed by atoms with Crippen molar-refractivity contribution in [1.29, 1.82) is 0 Å².